The maximum atomic E-state index is 3.31. The fourth-order valence-corrected chi connectivity index (χ4v) is 2.31. The van der Waals surface area contributed by atoms with Gasteiger partial charge in [0.2, 0.25) is 0 Å². The van der Waals surface area contributed by atoms with Crippen LogP contribution in [-0.4, -0.2) is 6.54 Å². The van der Waals surface area contributed by atoms with Gasteiger partial charge in [-0.05, 0) is 42.0 Å². The Bertz CT molecular complexity index is 283. The molecule has 0 bridgehead atoms. The Morgan fingerprint density at radius 2 is 2.42 bits per heavy atom. The van der Waals surface area contributed by atoms with E-state index >= 15 is 0 Å². The molecule has 0 atom stereocenters. The second-order valence-corrected chi connectivity index (χ2v) is 3.97. The Morgan fingerprint density at radius 3 is 3.25 bits per heavy atom. The number of rotatable bonds is 1. The summed E-state index contributed by atoms with van der Waals surface area (Å²) in [6.07, 6.45) is 2.31. The van der Waals surface area contributed by atoms with Crippen LogP contribution in [0, 0.1) is 0 Å². The van der Waals surface area contributed by atoms with Crippen LogP contribution in [0.15, 0.2) is 23.1 Å². The Labute approximate surface area is 77.7 Å². The van der Waals surface area contributed by atoms with Crippen molar-refractivity contribution in [3.63, 3.8) is 0 Å². The monoisotopic (exact) mass is 179 g/mol. The van der Waals surface area contributed by atoms with Crippen molar-refractivity contribution >= 4 is 11.9 Å². The molecule has 0 radical (unpaired) electrons. The maximum Gasteiger partial charge on any atom is 0.0263 e. The van der Waals surface area contributed by atoms with Crippen LogP contribution in [0.1, 0.15) is 18.1 Å². The van der Waals surface area contributed by atoms with E-state index in [1.54, 1.807) is 11.9 Å². The van der Waals surface area contributed by atoms with Gasteiger partial charge in [-0.15, -0.1) is 0 Å². The number of hydrogen-bond donors (Lipinski definition) is 1. The molecule has 0 amide bonds. The van der Waals surface area contributed by atoms with Crippen LogP contribution in [0.4, 0.5) is 0 Å². The molecule has 1 aromatic rings. The largest absolute Gasteiger partial charge is 0.260 e. The van der Waals surface area contributed by atoms with E-state index in [1.165, 1.54) is 22.4 Å². The van der Waals surface area contributed by atoms with E-state index in [-0.39, 0.29) is 0 Å². The van der Waals surface area contributed by atoms with E-state index in [1.807, 2.05) is 0 Å². The first kappa shape index (κ1) is 8.14. The highest BCUT2D eigenvalue weighted by Gasteiger charge is 2.08. The normalized spacial score (nSPS) is 15.8. The topological polar surface area (TPSA) is 12.0 Å². The minimum atomic E-state index is 1.10. The van der Waals surface area contributed by atoms with Gasteiger partial charge in [0.05, 0.1) is 0 Å². The lowest BCUT2D eigenvalue weighted by atomic mass is 10.1. The predicted molar refractivity (Wildman–Crippen MR) is 53.4 cm³/mol. The van der Waals surface area contributed by atoms with Crippen molar-refractivity contribution in [2.45, 2.75) is 24.7 Å². The molecule has 0 saturated carbocycles. The van der Waals surface area contributed by atoms with Gasteiger partial charge in [0.15, 0.2) is 0 Å². The van der Waals surface area contributed by atoms with Gasteiger partial charge in [-0.3, -0.25) is 4.72 Å². The maximum absolute atomic E-state index is 3.31. The zero-order valence-corrected chi connectivity index (χ0v) is 8.08. The SMILES string of the molecule is CCc1ccc2c(c1)SNCC2. The summed E-state index contributed by atoms with van der Waals surface area (Å²) in [5, 5.41) is 0. The van der Waals surface area contributed by atoms with Crippen molar-refractivity contribution in [3.05, 3.63) is 29.3 Å². The van der Waals surface area contributed by atoms with Crippen molar-refractivity contribution in [3.8, 4) is 0 Å². The molecule has 1 aliphatic rings. The molecule has 2 heteroatoms. The molecular weight excluding hydrogens is 166 g/mol. The van der Waals surface area contributed by atoms with E-state index in [2.05, 4.69) is 29.8 Å². The highest BCUT2D eigenvalue weighted by atomic mass is 32.2. The average Bonchev–Trinajstić information content (AvgIpc) is 2.17. The average molecular weight is 179 g/mol. The zero-order chi connectivity index (χ0) is 8.39. The van der Waals surface area contributed by atoms with Crippen molar-refractivity contribution < 1.29 is 0 Å². The molecule has 1 N–H and O–H groups in total. The highest BCUT2D eigenvalue weighted by molar-refractivity contribution is 7.97. The molecule has 1 aliphatic heterocycles. The van der Waals surface area contributed by atoms with E-state index < -0.39 is 0 Å². The third-order valence-corrected chi connectivity index (χ3v) is 3.17. The van der Waals surface area contributed by atoms with Gasteiger partial charge in [0, 0.05) is 11.4 Å². The second-order valence-electron chi connectivity index (χ2n) is 3.04. The summed E-state index contributed by atoms with van der Waals surface area (Å²) >= 11 is 1.77. The van der Waals surface area contributed by atoms with Crippen molar-refractivity contribution in [2.24, 2.45) is 0 Å². The fourth-order valence-electron chi connectivity index (χ4n) is 1.43. The Hall–Kier alpha value is -0.470. The lowest BCUT2D eigenvalue weighted by molar-refractivity contribution is 0.861. The standard InChI is InChI=1S/C10H13NS/c1-2-8-3-4-9-5-6-11-12-10(9)7-8/h3-4,7,11H,2,5-6H2,1H3. The van der Waals surface area contributed by atoms with E-state index in [9.17, 15) is 0 Å². The first-order valence-corrected chi connectivity index (χ1v) is 5.23. The van der Waals surface area contributed by atoms with Crippen molar-refractivity contribution in [2.75, 3.05) is 6.54 Å². The summed E-state index contributed by atoms with van der Waals surface area (Å²) in [5.74, 6) is 0. The predicted octanol–water partition coefficient (Wildman–Crippen LogP) is 2.40. The van der Waals surface area contributed by atoms with Gasteiger partial charge in [-0.2, -0.15) is 0 Å². The van der Waals surface area contributed by atoms with Crippen LogP contribution in [0.2, 0.25) is 0 Å². The van der Waals surface area contributed by atoms with Crippen LogP contribution in [0.5, 0.6) is 0 Å². The molecule has 1 aromatic carbocycles. The molecule has 64 valence electrons. The molecule has 0 spiro atoms. The van der Waals surface area contributed by atoms with Crippen LogP contribution in [0.3, 0.4) is 0 Å². The molecule has 0 fully saturated rings. The fraction of sp³-hybridized carbons (Fsp3) is 0.400. The summed E-state index contributed by atoms with van der Waals surface area (Å²) in [5.41, 5.74) is 2.93. The summed E-state index contributed by atoms with van der Waals surface area (Å²) in [6, 6.07) is 6.80. The van der Waals surface area contributed by atoms with Gasteiger partial charge in [-0.1, -0.05) is 19.1 Å². The summed E-state index contributed by atoms with van der Waals surface area (Å²) in [6.45, 7) is 3.30. The molecule has 0 saturated heterocycles. The van der Waals surface area contributed by atoms with Crippen LogP contribution >= 0.6 is 11.9 Å². The van der Waals surface area contributed by atoms with Gasteiger partial charge in [-0.25, -0.2) is 0 Å². The second kappa shape index (κ2) is 3.50. The third kappa shape index (κ3) is 1.50. The first-order chi connectivity index (χ1) is 5.90. The first-order valence-electron chi connectivity index (χ1n) is 4.41. The lowest BCUT2D eigenvalue weighted by Gasteiger charge is -2.16. The minimum Gasteiger partial charge on any atom is -0.260 e. The smallest absolute Gasteiger partial charge is 0.0263 e. The highest BCUT2D eigenvalue weighted by Crippen LogP contribution is 2.25. The molecule has 0 aliphatic carbocycles. The molecule has 1 nitrogen and oxygen atoms in total. The zero-order valence-electron chi connectivity index (χ0n) is 7.26. The van der Waals surface area contributed by atoms with Gasteiger partial charge in [0.1, 0.15) is 0 Å². The van der Waals surface area contributed by atoms with Crippen molar-refractivity contribution in [1.29, 1.82) is 0 Å². The molecular formula is C10H13NS. The molecule has 12 heavy (non-hydrogen) atoms. The lowest BCUT2D eigenvalue weighted by Crippen LogP contribution is -2.14. The van der Waals surface area contributed by atoms with E-state index in [0.717, 1.165) is 13.0 Å². The molecule has 2 rings (SSSR count). The number of nitrogens with one attached hydrogen (secondary N) is 1. The summed E-state index contributed by atoms with van der Waals surface area (Å²) in [7, 11) is 0. The molecule has 0 unspecified atom stereocenters. The molecule has 1 heterocycles. The van der Waals surface area contributed by atoms with E-state index in [4.69, 9.17) is 0 Å². The van der Waals surface area contributed by atoms with Crippen LogP contribution in [0.25, 0.3) is 0 Å². The summed E-state index contributed by atoms with van der Waals surface area (Å²) in [4.78, 5) is 1.42. The summed E-state index contributed by atoms with van der Waals surface area (Å²) < 4.78 is 3.31. The Morgan fingerprint density at radius 1 is 1.50 bits per heavy atom. The van der Waals surface area contributed by atoms with Crippen LogP contribution < -0.4 is 4.72 Å². The number of hydrogen-bond acceptors (Lipinski definition) is 2. The minimum absolute atomic E-state index is 1.10. The Kier molecular flexibility index (Phi) is 2.38. The quantitative estimate of drug-likeness (QED) is 0.664. The third-order valence-electron chi connectivity index (χ3n) is 2.22. The van der Waals surface area contributed by atoms with Crippen molar-refractivity contribution in [1.82, 2.24) is 4.72 Å². The Balaban J connectivity index is 2.36. The van der Waals surface area contributed by atoms with Gasteiger partial charge >= 0.3 is 0 Å². The van der Waals surface area contributed by atoms with Crippen LogP contribution in [-0.2, 0) is 12.8 Å². The number of benzene rings is 1. The van der Waals surface area contributed by atoms with Gasteiger partial charge in [0.25, 0.3) is 0 Å². The van der Waals surface area contributed by atoms with E-state index in [0.29, 0.717) is 0 Å². The number of fused-ring (bicyclic) bond motifs is 1. The molecule has 0 aromatic heterocycles. The number of aryl methyl sites for hydroxylation is 1. The van der Waals surface area contributed by atoms with Gasteiger partial charge < -0.3 is 0 Å².